The van der Waals surface area contributed by atoms with Gasteiger partial charge in [0, 0.05) is 31.3 Å². The van der Waals surface area contributed by atoms with E-state index >= 15 is 0 Å². The minimum Gasteiger partial charge on any atom is -0.510 e. The summed E-state index contributed by atoms with van der Waals surface area (Å²) >= 11 is 0. The number of benzene rings is 4. The summed E-state index contributed by atoms with van der Waals surface area (Å²) in [6.07, 6.45) is 12.3. The number of carbonyl (C=O) groups is 4. The number of carbonyl (C=O) groups excluding carboxylic acids is 4. The third-order valence-corrected chi connectivity index (χ3v) is 19.5. The number of nitrogens with two attached hydrogens (primary N) is 1. The minimum absolute atomic E-state index is 0.0136. The summed E-state index contributed by atoms with van der Waals surface area (Å²) in [5.41, 5.74) is 2.55. The van der Waals surface area contributed by atoms with Crippen LogP contribution in [0.15, 0.2) is 120 Å². The van der Waals surface area contributed by atoms with E-state index in [0.717, 1.165) is 25.7 Å². The van der Waals surface area contributed by atoms with Gasteiger partial charge in [-0.3, -0.25) is 24.1 Å². The molecule has 0 spiro atoms. The molecule has 0 aliphatic heterocycles. The van der Waals surface area contributed by atoms with E-state index in [-0.39, 0.29) is 42.0 Å². The largest absolute Gasteiger partial charge is 0.510 e. The first-order valence-electron chi connectivity index (χ1n) is 23.8. The number of nitrogens with zero attached hydrogens (tertiary/aromatic N) is 2. The molecule has 0 bridgehead atoms. The number of phenols is 1. The Kier molecular flexibility index (Phi) is 15.4. The minimum atomic E-state index is -2.74. The van der Waals surface area contributed by atoms with Gasteiger partial charge >= 0.3 is 191 Å². The Balaban J connectivity index is 0.907. The van der Waals surface area contributed by atoms with Crippen LogP contribution in [-0.2, 0) is 20.8 Å². The topological polar surface area (TPSA) is 194 Å². The number of likely N-dealkylation sites (N-methyl/N-ethyl adjacent to an activating group) is 1. The predicted molar refractivity (Wildman–Crippen MR) is 269 cm³/mol. The number of allylic oxidation sites excluding steroid dienone is 1. The standard InChI is InChI=1S/C54H67N4O8P/c1-57(2)42-34-41(48(60)45-39(42)32-35-33-40-47(58(3)4)50(62)46(53(55)65)52(64)54(40,66)51(63)44(35)49(45)61)56-43(59)30-22-11-9-7-5-6-8-10-12-23-31-67(36-24-16-13-17-25-36,37-26-18-14-19-27-37)38-28-20-15-21-29-38/h13-21,24-29,34-35,40,47,60,62-63,66-67H,5-12,22-23,30-33H2,1-4H3,(H2,55,65)(H,56,59)/t35-,40-,47-,54-/m0/s1. The van der Waals surface area contributed by atoms with Crippen molar-refractivity contribution < 1.29 is 39.6 Å². The summed E-state index contributed by atoms with van der Waals surface area (Å²) in [5, 5.41) is 53.5. The molecule has 0 saturated heterocycles. The number of hydrogen-bond acceptors (Lipinski definition) is 10. The van der Waals surface area contributed by atoms with Crippen LogP contribution >= 0.6 is 7.26 Å². The summed E-state index contributed by atoms with van der Waals surface area (Å²) in [7, 11) is 4.53. The number of anilines is 2. The molecule has 0 aromatic heterocycles. The summed E-state index contributed by atoms with van der Waals surface area (Å²) in [4.78, 5) is 57.0. The van der Waals surface area contributed by atoms with Crippen molar-refractivity contribution in [3.63, 3.8) is 0 Å². The van der Waals surface area contributed by atoms with Crippen molar-refractivity contribution in [3.8, 4) is 5.75 Å². The Hall–Kier alpha value is -5.81. The molecule has 2 amide bonds. The van der Waals surface area contributed by atoms with Crippen LogP contribution < -0.4 is 31.9 Å². The molecule has 4 aromatic carbocycles. The Morgan fingerprint density at radius 3 is 1.72 bits per heavy atom. The molecular weight excluding hydrogens is 864 g/mol. The number of aliphatic hydroxyl groups excluding tert-OH is 2. The molecule has 0 unspecified atom stereocenters. The van der Waals surface area contributed by atoms with Crippen molar-refractivity contribution in [1.82, 2.24) is 4.90 Å². The van der Waals surface area contributed by atoms with Crippen LogP contribution in [0.2, 0.25) is 0 Å². The molecule has 356 valence electrons. The molecule has 0 fully saturated rings. The van der Waals surface area contributed by atoms with Crippen LogP contribution in [-0.4, -0.2) is 94.7 Å². The fourth-order valence-electron chi connectivity index (χ4n) is 11.2. The van der Waals surface area contributed by atoms with E-state index in [1.54, 1.807) is 39.2 Å². The molecule has 0 saturated carbocycles. The molecular formula is C54H67N4O8P. The van der Waals surface area contributed by atoms with Crippen molar-refractivity contribution in [2.75, 3.05) is 44.6 Å². The van der Waals surface area contributed by atoms with E-state index in [4.69, 9.17) is 5.73 Å². The molecule has 3 aliphatic carbocycles. The number of ketones is 2. The Bertz CT molecular complexity index is 2430. The third-order valence-electron chi connectivity index (χ3n) is 14.5. The smallest absolute Gasteiger partial charge is 0.255 e. The number of primary amides is 1. The van der Waals surface area contributed by atoms with Gasteiger partial charge in [-0.1, -0.05) is 0 Å². The Labute approximate surface area is 394 Å². The Morgan fingerprint density at radius 1 is 0.746 bits per heavy atom. The molecule has 12 nitrogen and oxygen atoms in total. The second-order valence-electron chi connectivity index (χ2n) is 19.1. The zero-order valence-corrected chi connectivity index (χ0v) is 40.3. The average Bonchev–Trinajstić information content (AvgIpc) is 3.30. The van der Waals surface area contributed by atoms with Gasteiger partial charge in [0.2, 0.25) is 11.7 Å². The van der Waals surface area contributed by atoms with Crippen molar-refractivity contribution in [2.24, 2.45) is 17.6 Å². The van der Waals surface area contributed by atoms with Gasteiger partial charge in [0.05, 0.1) is 17.3 Å². The number of rotatable bonds is 20. The molecule has 0 radical (unpaired) electrons. The van der Waals surface area contributed by atoms with Crippen LogP contribution in [0, 0.1) is 11.8 Å². The van der Waals surface area contributed by atoms with Gasteiger partial charge in [0.1, 0.15) is 17.1 Å². The number of aliphatic hydroxyl groups is 3. The first-order chi connectivity index (χ1) is 32.1. The Morgan fingerprint density at radius 2 is 1.24 bits per heavy atom. The van der Waals surface area contributed by atoms with Crippen molar-refractivity contribution in [1.29, 1.82) is 0 Å². The van der Waals surface area contributed by atoms with E-state index in [0.29, 0.717) is 17.7 Å². The molecule has 3 aliphatic rings. The summed E-state index contributed by atoms with van der Waals surface area (Å²) in [5.74, 6) is -7.55. The molecule has 4 aromatic rings. The van der Waals surface area contributed by atoms with Gasteiger partial charge in [-0.25, -0.2) is 0 Å². The van der Waals surface area contributed by atoms with Crippen molar-refractivity contribution >= 4 is 57.9 Å². The van der Waals surface area contributed by atoms with Crippen LogP contribution in [0.3, 0.4) is 0 Å². The molecule has 0 heterocycles. The average molecular weight is 931 g/mol. The van der Waals surface area contributed by atoms with E-state index in [1.165, 1.54) is 59.1 Å². The van der Waals surface area contributed by atoms with Gasteiger partial charge in [-0.05, 0) is 44.5 Å². The molecule has 67 heavy (non-hydrogen) atoms. The second-order valence-corrected chi connectivity index (χ2v) is 23.1. The summed E-state index contributed by atoms with van der Waals surface area (Å²) < 4.78 is 0. The van der Waals surface area contributed by atoms with Gasteiger partial charge in [-0.2, -0.15) is 0 Å². The molecule has 13 heteroatoms. The number of phenolic OH excluding ortho intramolecular Hbond substituents is 1. The van der Waals surface area contributed by atoms with Crippen LogP contribution in [0.1, 0.15) is 93.0 Å². The number of aromatic hydroxyl groups is 1. The number of unbranched alkanes of at least 4 members (excludes halogenated alkanes) is 9. The number of amides is 2. The van der Waals surface area contributed by atoms with E-state index in [1.807, 2.05) is 0 Å². The van der Waals surface area contributed by atoms with Crippen molar-refractivity contribution in [2.45, 2.75) is 95.1 Å². The number of Topliss-reactive ketones (excluding diaryl/α,β-unsaturated/α-hetero) is 2. The maximum Gasteiger partial charge on any atom is 0.255 e. The zero-order valence-electron chi connectivity index (χ0n) is 39.3. The normalized spacial score (nSPS) is 20.6. The fourth-order valence-corrected chi connectivity index (χ4v) is 16.1. The number of nitrogens with one attached hydrogen (secondary N) is 1. The second kappa shape index (κ2) is 21.0. The third kappa shape index (κ3) is 9.54. The molecule has 4 atom stereocenters. The monoisotopic (exact) mass is 930 g/mol. The van der Waals surface area contributed by atoms with E-state index in [9.17, 15) is 39.6 Å². The maximum absolute atomic E-state index is 14.4. The van der Waals surface area contributed by atoms with Crippen LogP contribution in [0.25, 0.3) is 0 Å². The summed E-state index contributed by atoms with van der Waals surface area (Å²) in [6.45, 7) is 0. The van der Waals surface area contributed by atoms with Gasteiger partial charge < -0.3 is 36.4 Å². The maximum atomic E-state index is 14.4. The summed E-state index contributed by atoms with van der Waals surface area (Å²) in [6, 6.07) is 33.8. The fraction of sp³-hybridized carbons (Fsp3) is 0.407. The predicted octanol–water partition coefficient (Wildman–Crippen LogP) is 7.14. The van der Waals surface area contributed by atoms with E-state index < -0.39 is 71.1 Å². The van der Waals surface area contributed by atoms with Crippen molar-refractivity contribution in [3.05, 3.63) is 131 Å². The first-order valence-corrected chi connectivity index (χ1v) is 26.0. The van der Waals surface area contributed by atoms with Crippen LogP contribution in [0.4, 0.5) is 11.4 Å². The first kappa shape index (κ1) is 49.1. The molecule has 7 rings (SSSR count). The van der Waals surface area contributed by atoms with Gasteiger partial charge in [0.15, 0.2) is 17.1 Å². The van der Waals surface area contributed by atoms with Gasteiger partial charge in [0.25, 0.3) is 5.91 Å². The van der Waals surface area contributed by atoms with Crippen LogP contribution in [0.5, 0.6) is 5.75 Å². The number of fused-ring (bicyclic) bond motifs is 3. The molecule has 7 N–H and O–H groups in total. The van der Waals surface area contributed by atoms with Gasteiger partial charge in [-0.15, -0.1) is 0 Å². The SMILES string of the molecule is CN(C)c1cc(NC(=O)CCCCCCCCCCCC[PH](c2ccccc2)(c2ccccc2)c2ccccc2)c(O)c2c1C[C@H]1C[C@H]3[C@H](N(C)C)C(O)=C(C(N)=O)C(=O)[C@@]3(O)C(O)=C1C2=O. The zero-order chi connectivity index (χ0) is 48.0. The van der Waals surface area contributed by atoms with E-state index in [2.05, 4.69) is 96.3 Å². The quantitative estimate of drug-likeness (QED) is 0.0230. The number of hydrogen-bond donors (Lipinski definition) is 6.